The molecule has 0 heterocycles. The van der Waals surface area contributed by atoms with Crippen molar-refractivity contribution in [2.45, 2.75) is 116 Å². The monoisotopic (exact) mass is 403 g/mol. The van der Waals surface area contributed by atoms with Gasteiger partial charge < -0.3 is 10.4 Å². The van der Waals surface area contributed by atoms with Crippen LogP contribution < -0.4 is 5.32 Å². The van der Waals surface area contributed by atoms with E-state index in [1.807, 2.05) is 12.1 Å². The largest absolute Gasteiger partial charge is 0.508 e. The highest BCUT2D eigenvalue weighted by atomic mass is 16.3. The molecule has 1 rings (SSSR count). The van der Waals surface area contributed by atoms with E-state index < -0.39 is 0 Å². The van der Waals surface area contributed by atoms with Crippen LogP contribution in [-0.4, -0.2) is 17.6 Å². The zero-order valence-corrected chi connectivity index (χ0v) is 18.9. The van der Waals surface area contributed by atoms with E-state index in [4.69, 9.17) is 0 Å². The van der Waals surface area contributed by atoms with Crippen LogP contribution in [0.25, 0.3) is 0 Å². The van der Waals surface area contributed by atoms with Crippen molar-refractivity contribution in [1.82, 2.24) is 5.32 Å². The normalized spacial score (nSPS) is 10.9. The molecule has 0 spiro atoms. The predicted molar refractivity (Wildman–Crippen MR) is 124 cm³/mol. The molecule has 1 amide bonds. The summed E-state index contributed by atoms with van der Waals surface area (Å²) in [6.07, 6.45) is 21.3. The summed E-state index contributed by atoms with van der Waals surface area (Å²) in [6.45, 7) is 3.01. The van der Waals surface area contributed by atoms with E-state index in [1.54, 1.807) is 12.1 Å². The van der Waals surface area contributed by atoms with Crippen LogP contribution in [0.2, 0.25) is 0 Å². The first kappa shape index (κ1) is 25.5. The highest BCUT2D eigenvalue weighted by Gasteiger charge is 2.01. The molecule has 0 bridgehead atoms. The van der Waals surface area contributed by atoms with Crippen molar-refractivity contribution < 1.29 is 9.90 Å². The Balaban J connectivity index is 1.79. The number of aromatic hydroxyl groups is 1. The Morgan fingerprint density at radius 1 is 0.724 bits per heavy atom. The molecule has 0 aliphatic heterocycles. The highest BCUT2D eigenvalue weighted by Crippen LogP contribution is 2.13. The summed E-state index contributed by atoms with van der Waals surface area (Å²) in [5.41, 5.74) is 1.20. The number of phenols is 1. The maximum atomic E-state index is 11.9. The predicted octanol–water partition coefficient (Wildman–Crippen LogP) is 7.31. The molecule has 3 heteroatoms. The highest BCUT2D eigenvalue weighted by molar-refractivity contribution is 5.75. The second-order valence-corrected chi connectivity index (χ2v) is 8.47. The van der Waals surface area contributed by atoms with Gasteiger partial charge in [-0.2, -0.15) is 0 Å². The molecule has 0 aliphatic carbocycles. The number of carbonyl (C=O) groups is 1. The van der Waals surface area contributed by atoms with Gasteiger partial charge in [0.25, 0.3) is 0 Å². The molecule has 2 N–H and O–H groups in total. The van der Waals surface area contributed by atoms with E-state index in [0.29, 0.717) is 12.2 Å². The molecule has 29 heavy (non-hydrogen) atoms. The lowest BCUT2D eigenvalue weighted by molar-refractivity contribution is -0.121. The number of hydrogen-bond acceptors (Lipinski definition) is 2. The van der Waals surface area contributed by atoms with Crippen molar-refractivity contribution in [3.63, 3.8) is 0 Å². The molecule has 0 aliphatic rings. The Morgan fingerprint density at radius 3 is 1.72 bits per heavy atom. The average Bonchev–Trinajstić information content (AvgIpc) is 2.72. The summed E-state index contributed by atoms with van der Waals surface area (Å²) in [4.78, 5) is 11.9. The first-order chi connectivity index (χ1) is 14.2. The fourth-order valence-electron chi connectivity index (χ4n) is 3.75. The van der Waals surface area contributed by atoms with Crippen LogP contribution in [0.1, 0.15) is 115 Å². The van der Waals surface area contributed by atoms with Gasteiger partial charge >= 0.3 is 0 Å². The van der Waals surface area contributed by atoms with Gasteiger partial charge in [0, 0.05) is 13.0 Å². The summed E-state index contributed by atoms with van der Waals surface area (Å²) < 4.78 is 0. The van der Waals surface area contributed by atoms with Gasteiger partial charge in [-0.3, -0.25) is 4.79 Å². The number of carbonyl (C=O) groups excluding carboxylic acids is 1. The van der Waals surface area contributed by atoms with Crippen molar-refractivity contribution in [2.24, 2.45) is 0 Å². The summed E-state index contributed by atoms with van der Waals surface area (Å²) in [7, 11) is 0. The lowest BCUT2D eigenvalue weighted by atomic mass is 10.0. The third kappa shape index (κ3) is 16.0. The zero-order valence-electron chi connectivity index (χ0n) is 18.9. The SMILES string of the molecule is CCCCCCCCCCCCCCCCC(=O)NCCCc1ccc(O)cc1. The summed E-state index contributed by atoms with van der Waals surface area (Å²) in [6, 6.07) is 7.30. The van der Waals surface area contributed by atoms with E-state index >= 15 is 0 Å². The van der Waals surface area contributed by atoms with E-state index in [2.05, 4.69) is 12.2 Å². The van der Waals surface area contributed by atoms with Crippen LogP contribution in [0.3, 0.4) is 0 Å². The van der Waals surface area contributed by atoms with E-state index in [0.717, 1.165) is 25.8 Å². The number of rotatable bonds is 19. The van der Waals surface area contributed by atoms with Gasteiger partial charge in [0.2, 0.25) is 5.91 Å². The fraction of sp³-hybridized carbons (Fsp3) is 0.731. The minimum atomic E-state index is 0.189. The summed E-state index contributed by atoms with van der Waals surface area (Å²) in [5, 5.41) is 12.3. The zero-order chi connectivity index (χ0) is 21.0. The second-order valence-electron chi connectivity index (χ2n) is 8.47. The maximum absolute atomic E-state index is 11.9. The van der Waals surface area contributed by atoms with E-state index in [1.165, 1.54) is 89.0 Å². The molecule has 0 unspecified atom stereocenters. The first-order valence-electron chi connectivity index (χ1n) is 12.3. The fourth-order valence-corrected chi connectivity index (χ4v) is 3.75. The number of unbranched alkanes of at least 4 members (excludes halogenated alkanes) is 13. The van der Waals surface area contributed by atoms with E-state index in [-0.39, 0.29) is 5.91 Å². The van der Waals surface area contributed by atoms with Crippen LogP contribution in [0.5, 0.6) is 5.75 Å². The van der Waals surface area contributed by atoms with Gasteiger partial charge in [-0.15, -0.1) is 0 Å². The second kappa shape index (κ2) is 18.5. The number of nitrogens with one attached hydrogen (secondary N) is 1. The number of aryl methyl sites for hydroxylation is 1. The Labute approximate surface area is 179 Å². The molecule has 166 valence electrons. The minimum Gasteiger partial charge on any atom is -0.508 e. The minimum absolute atomic E-state index is 0.189. The van der Waals surface area contributed by atoms with Crippen molar-refractivity contribution in [2.75, 3.05) is 6.54 Å². The van der Waals surface area contributed by atoms with Crippen LogP contribution in [-0.2, 0) is 11.2 Å². The molecule has 0 aromatic heterocycles. The topological polar surface area (TPSA) is 49.3 Å². The van der Waals surface area contributed by atoms with Crippen molar-refractivity contribution >= 4 is 5.91 Å². The van der Waals surface area contributed by atoms with Crippen LogP contribution >= 0.6 is 0 Å². The maximum Gasteiger partial charge on any atom is 0.219 e. The molecule has 0 fully saturated rings. The summed E-state index contributed by atoms with van der Waals surface area (Å²) in [5.74, 6) is 0.491. The quantitative estimate of drug-likeness (QED) is 0.238. The number of benzene rings is 1. The van der Waals surface area contributed by atoms with Gasteiger partial charge in [-0.1, -0.05) is 103 Å². The first-order valence-corrected chi connectivity index (χ1v) is 12.3. The standard InChI is InChI=1S/C26H45NO2/c1-2-3-4-5-6-7-8-9-10-11-12-13-14-15-18-26(29)27-23-16-17-24-19-21-25(28)22-20-24/h19-22,28H,2-18,23H2,1H3,(H,27,29). The van der Waals surface area contributed by atoms with Crippen molar-refractivity contribution in [3.05, 3.63) is 29.8 Å². The Kier molecular flexibility index (Phi) is 16.3. The molecule has 0 saturated carbocycles. The van der Waals surface area contributed by atoms with Gasteiger partial charge in [0.15, 0.2) is 0 Å². The van der Waals surface area contributed by atoms with Crippen molar-refractivity contribution in [3.8, 4) is 5.75 Å². The van der Waals surface area contributed by atoms with Gasteiger partial charge in [-0.25, -0.2) is 0 Å². The van der Waals surface area contributed by atoms with Gasteiger partial charge in [0.05, 0.1) is 0 Å². The molecule has 1 aromatic carbocycles. The van der Waals surface area contributed by atoms with Crippen LogP contribution in [0, 0.1) is 0 Å². The lowest BCUT2D eigenvalue weighted by Crippen LogP contribution is -2.24. The molecule has 1 aromatic rings. The Morgan fingerprint density at radius 2 is 1.21 bits per heavy atom. The molecule has 0 atom stereocenters. The molecular weight excluding hydrogens is 358 g/mol. The third-order valence-corrected chi connectivity index (χ3v) is 5.66. The molecule has 3 nitrogen and oxygen atoms in total. The van der Waals surface area contributed by atoms with Crippen molar-refractivity contribution in [1.29, 1.82) is 0 Å². The van der Waals surface area contributed by atoms with Gasteiger partial charge in [0.1, 0.15) is 5.75 Å². The van der Waals surface area contributed by atoms with Crippen LogP contribution in [0.4, 0.5) is 0 Å². The number of hydrogen-bond donors (Lipinski definition) is 2. The molecular formula is C26H45NO2. The molecule has 0 saturated heterocycles. The Hall–Kier alpha value is -1.51. The molecule has 0 radical (unpaired) electrons. The van der Waals surface area contributed by atoms with Gasteiger partial charge in [-0.05, 0) is 37.0 Å². The van der Waals surface area contributed by atoms with Crippen LogP contribution in [0.15, 0.2) is 24.3 Å². The van der Waals surface area contributed by atoms with E-state index in [9.17, 15) is 9.90 Å². The number of phenolic OH excluding ortho intramolecular Hbond substituents is 1. The summed E-state index contributed by atoms with van der Waals surface area (Å²) >= 11 is 0. The average molecular weight is 404 g/mol. The third-order valence-electron chi connectivity index (χ3n) is 5.66. The Bertz CT molecular complexity index is 498. The lowest BCUT2D eigenvalue weighted by Gasteiger charge is -2.06. The smallest absolute Gasteiger partial charge is 0.219 e. The number of amides is 1.